The fourth-order valence-electron chi connectivity index (χ4n) is 2.84. The summed E-state index contributed by atoms with van der Waals surface area (Å²) in [5.74, 6) is -1.60. The van der Waals surface area contributed by atoms with E-state index in [2.05, 4.69) is 10.6 Å². The Labute approximate surface area is 191 Å². The molecule has 0 aliphatic carbocycles. The second-order valence-electron chi connectivity index (χ2n) is 7.30. The third-order valence-corrected chi connectivity index (χ3v) is 5.27. The Morgan fingerprint density at radius 3 is 2.13 bits per heavy atom. The summed E-state index contributed by atoms with van der Waals surface area (Å²) in [6.07, 6.45) is -0.731. The summed E-state index contributed by atoms with van der Waals surface area (Å²) in [4.78, 5) is 37.0. The molecular weight excluding hydrogens is 441 g/mol. The van der Waals surface area contributed by atoms with Crippen LogP contribution in [0.1, 0.15) is 25.0 Å². The Morgan fingerprint density at radius 1 is 0.968 bits per heavy atom. The van der Waals surface area contributed by atoms with Crippen LogP contribution in [0.15, 0.2) is 48.5 Å². The van der Waals surface area contributed by atoms with Crippen LogP contribution in [0.5, 0.6) is 0 Å². The highest BCUT2D eigenvalue weighted by Crippen LogP contribution is 2.25. The fourth-order valence-corrected chi connectivity index (χ4v) is 3.39. The van der Waals surface area contributed by atoms with Gasteiger partial charge in [0.05, 0.1) is 0 Å². The van der Waals surface area contributed by atoms with E-state index in [1.807, 2.05) is 30.3 Å². The molecule has 9 heteroatoms. The molecule has 7 nitrogen and oxygen atoms in total. The van der Waals surface area contributed by atoms with Gasteiger partial charge in [-0.05, 0) is 29.2 Å². The molecule has 0 heterocycles. The number of halogens is 2. The lowest BCUT2D eigenvalue weighted by molar-refractivity contribution is -0.129. The minimum atomic E-state index is -1.06. The zero-order chi connectivity index (χ0) is 23.0. The number of benzene rings is 2. The zero-order valence-electron chi connectivity index (χ0n) is 17.2. The Balaban J connectivity index is 2.03. The molecule has 0 spiro atoms. The van der Waals surface area contributed by atoms with Crippen molar-refractivity contribution in [3.63, 3.8) is 0 Å². The lowest BCUT2D eigenvalue weighted by atomic mass is 10.0. The van der Waals surface area contributed by atoms with Crippen molar-refractivity contribution in [3.05, 3.63) is 69.7 Å². The molecule has 0 fully saturated rings. The van der Waals surface area contributed by atoms with Crippen LogP contribution in [0.3, 0.4) is 0 Å². The average molecular weight is 466 g/mol. The third kappa shape index (κ3) is 7.45. The first kappa shape index (κ1) is 24.5. The number of ether oxygens (including phenoxy) is 1. The number of rotatable bonds is 9. The predicted molar refractivity (Wildman–Crippen MR) is 120 cm³/mol. The Hall–Kier alpha value is -2.77. The molecule has 0 bridgehead atoms. The van der Waals surface area contributed by atoms with E-state index in [0.29, 0.717) is 15.6 Å². The predicted octanol–water partition coefficient (Wildman–Crippen LogP) is 3.46. The monoisotopic (exact) mass is 465 g/mol. The van der Waals surface area contributed by atoms with Crippen molar-refractivity contribution in [2.24, 2.45) is 11.7 Å². The maximum absolute atomic E-state index is 12.8. The first-order valence-electron chi connectivity index (χ1n) is 9.68. The summed E-state index contributed by atoms with van der Waals surface area (Å²) < 4.78 is 5.18. The van der Waals surface area contributed by atoms with Crippen molar-refractivity contribution >= 4 is 41.1 Å². The molecule has 4 N–H and O–H groups in total. The van der Waals surface area contributed by atoms with E-state index in [-0.39, 0.29) is 18.9 Å². The quantitative estimate of drug-likeness (QED) is 0.526. The van der Waals surface area contributed by atoms with Crippen LogP contribution < -0.4 is 16.4 Å². The number of alkyl carbamates (subject to hydrolysis) is 1. The maximum Gasteiger partial charge on any atom is 0.408 e. The molecule has 166 valence electrons. The number of nitrogens with one attached hydrogen (secondary N) is 2. The van der Waals surface area contributed by atoms with Gasteiger partial charge < -0.3 is 21.1 Å². The van der Waals surface area contributed by atoms with E-state index >= 15 is 0 Å². The smallest absolute Gasteiger partial charge is 0.408 e. The van der Waals surface area contributed by atoms with Crippen LogP contribution in [0.4, 0.5) is 4.79 Å². The number of primary amides is 1. The number of hydrogen-bond donors (Lipinski definition) is 3. The average Bonchev–Trinajstić information content (AvgIpc) is 2.72. The molecule has 0 radical (unpaired) electrons. The van der Waals surface area contributed by atoms with Crippen molar-refractivity contribution in [1.29, 1.82) is 0 Å². The molecule has 31 heavy (non-hydrogen) atoms. The molecule has 0 aliphatic rings. The zero-order valence-corrected chi connectivity index (χ0v) is 18.7. The number of amides is 3. The van der Waals surface area contributed by atoms with Gasteiger partial charge in [0.1, 0.15) is 18.7 Å². The molecule has 0 saturated carbocycles. The molecule has 0 saturated heterocycles. The van der Waals surface area contributed by atoms with Crippen molar-refractivity contribution in [1.82, 2.24) is 10.6 Å². The first-order valence-corrected chi connectivity index (χ1v) is 10.4. The van der Waals surface area contributed by atoms with Crippen molar-refractivity contribution < 1.29 is 19.1 Å². The molecule has 0 aromatic heterocycles. The summed E-state index contributed by atoms with van der Waals surface area (Å²) in [5.41, 5.74) is 6.78. The Bertz CT molecular complexity index is 902. The van der Waals surface area contributed by atoms with Crippen LogP contribution in [-0.2, 0) is 27.4 Å². The maximum atomic E-state index is 12.8. The Morgan fingerprint density at radius 2 is 1.58 bits per heavy atom. The largest absolute Gasteiger partial charge is 0.445 e. The van der Waals surface area contributed by atoms with Crippen molar-refractivity contribution in [3.8, 4) is 0 Å². The second kappa shape index (κ2) is 11.6. The molecule has 0 unspecified atom stereocenters. The fraction of sp³-hybridized carbons (Fsp3) is 0.318. The Kier molecular flexibility index (Phi) is 9.15. The lowest BCUT2D eigenvalue weighted by Gasteiger charge is -2.24. The van der Waals surface area contributed by atoms with Crippen LogP contribution in [0.25, 0.3) is 0 Å². The minimum Gasteiger partial charge on any atom is -0.445 e. The van der Waals surface area contributed by atoms with E-state index in [9.17, 15) is 14.4 Å². The molecular formula is C22H25Cl2N3O4. The number of hydrogen-bond acceptors (Lipinski definition) is 4. The van der Waals surface area contributed by atoms with Crippen LogP contribution in [0.2, 0.25) is 10.0 Å². The van der Waals surface area contributed by atoms with Gasteiger partial charge in [-0.25, -0.2) is 4.79 Å². The minimum absolute atomic E-state index is 0.0167. The van der Waals surface area contributed by atoms with Gasteiger partial charge in [0.2, 0.25) is 11.8 Å². The van der Waals surface area contributed by atoms with Gasteiger partial charge in [-0.3, -0.25) is 9.59 Å². The second-order valence-corrected chi connectivity index (χ2v) is 8.11. The first-order chi connectivity index (χ1) is 14.7. The highest BCUT2D eigenvalue weighted by atomic mass is 35.5. The normalized spacial score (nSPS) is 12.7. The van der Waals surface area contributed by atoms with Crippen molar-refractivity contribution in [2.45, 2.75) is 39.0 Å². The van der Waals surface area contributed by atoms with Gasteiger partial charge in [0.25, 0.3) is 0 Å². The molecule has 2 aromatic rings. The van der Waals surface area contributed by atoms with Crippen LogP contribution in [-0.4, -0.2) is 30.0 Å². The van der Waals surface area contributed by atoms with Gasteiger partial charge in [-0.15, -0.1) is 0 Å². The molecule has 0 aliphatic heterocycles. The van der Waals surface area contributed by atoms with E-state index in [1.54, 1.807) is 32.0 Å². The summed E-state index contributed by atoms with van der Waals surface area (Å²) in [6, 6.07) is 12.1. The number of carbonyl (C=O) groups excluding carboxylic acids is 3. The van der Waals surface area contributed by atoms with Crippen LogP contribution >= 0.6 is 23.2 Å². The van der Waals surface area contributed by atoms with E-state index in [1.165, 1.54) is 0 Å². The number of carbonyl (C=O) groups is 3. The van der Waals surface area contributed by atoms with E-state index in [4.69, 9.17) is 33.7 Å². The summed E-state index contributed by atoms with van der Waals surface area (Å²) in [5, 5.41) is 5.83. The summed E-state index contributed by atoms with van der Waals surface area (Å²) in [6.45, 7) is 3.58. The molecule has 2 atom stereocenters. The summed E-state index contributed by atoms with van der Waals surface area (Å²) in [7, 11) is 0. The third-order valence-electron chi connectivity index (χ3n) is 4.57. The number of nitrogens with two attached hydrogens (primary N) is 1. The standard InChI is InChI=1S/C22H25Cl2N3O4/c1-13(2)19(27-22(30)31-12-14-7-4-3-5-8-14)21(29)26-18(20(25)28)11-15-16(23)9-6-10-17(15)24/h3-10,13,18-19H,11-12H2,1-2H3,(H2,25,28)(H,26,29)(H,27,30)/t18-,19+/m1/s1. The van der Waals surface area contributed by atoms with Gasteiger partial charge in [-0.1, -0.05) is 73.4 Å². The van der Waals surface area contributed by atoms with Gasteiger partial charge >= 0.3 is 6.09 Å². The van der Waals surface area contributed by atoms with Gasteiger partial charge in [-0.2, -0.15) is 0 Å². The molecule has 3 amide bonds. The van der Waals surface area contributed by atoms with E-state index < -0.39 is 30.0 Å². The van der Waals surface area contributed by atoms with Gasteiger partial charge in [0.15, 0.2) is 0 Å². The lowest BCUT2D eigenvalue weighted by Crippen LogP contribution is -2.55. The van der Waals surface area contributed by atoms with Crippen molar-refractivity contribution in [2.75, 3.05) is 0 Å². The molecule has 2 rings (SSSR count). The molecule has 2 aromatic carbocycles. The highest BCUT2D eigenvalue weighted by molar-refractivity contribution is 6.36. The van der Waals surface area contributed by atoms with Crippen LogP contribution in [0, 0.1) is 5.92 Å². The summed E-state index contributed by atoms with van der Waals surface area (Å²) >= 11 is 12.3. The topological polar surface area (TPSA) is 111 Å². The van der Waals surface area contributed by atoms with E-state index in [0.717, 1.165) is 5.56 Å². The highest BCUT2D eigenvalue weighted by Gasteiger charge is 2.29. The SMILES string of the molecule is CC(C)[C@H](NC(=O)OCc1ccccc1)C(=O)N[C@H](Cc1c(Cl)cccc1Cl)C(N)=O. The van der Waals surface area contributed by atoms with Gasteiger partial charge in [0, 0.05) is 16.5 Å².